The topological polar surface area (TPSA) is 54.9 Å². The van der Waals surface area contributed by atoms with Gasteiger partial charge in [0.2, 0.25) is 0 Å². The van der Waals surface area contributed by atoms with Crippen LogP contribution >= 0.6 is 0 Å². The summed E-state index contributed by atoms with van der Waals surface area (Å²) in [6.45, 7) is 4.18. The molecule has 2 aromatic rings. The van der Waals surface area contributed by atoms with Gasteiger partial charge in [-0.1, -0.05) is 32.0 Å². The Bertz CT molecular complexity index is 538. The second-order valence-electron chi connectivity index (χ2n) is 4.30. The quantitative estimate of drug-likeness (QED) is 0.899. The van der Waals surface area contributed by atoms with Crippen LogP contribution in [0, 0.1) is 0 Å². The highest BCUT2D eigenvalue weighted by atomic mass is 16.1. The molecule has 4 heteroatoms. The maximum absolute atomic E-state index is 12.0. The zero-order valence-corrected chi connectivity index (χ0v) is 10.4. The van der Waals surface area contributed by atoms with Crippen molar-refractivity contribution in [3.63, 3.8) is 0 Å². The second-order valence-corrected chi connectivity index (χ2v) is 4.30. The molecule has 0 aliphatic heterocycles. The maximum atomic E-state index is 12.0. The average Bonchev–Trinajstić information content (AvgIpc) is 2.40. The first-order chi connectivity index (χ1) is 8.68. The number of hydrogen-bond acceptors (Lipinski definition) is 3. The predicted octanol–water partition coefficient (Wildman–Crippen LogP) is 2.85. The highest BCUT2D eigenvalue weighted by Crippen LogP contribution is 2.23. The van der Waals surface area contributed by atoms with E-state index in [-0.39, 0.29) is 5.91 Å². The van der Waals surface area contributed by atoms with Crippen LogP contribution in [0.3, 0.4) is 0 Å². The summed E-state index contributed by atoms with van der Waals surface area (Å²) >= 11 is 0. The molecule has 0 saturated heterocycles. The molecular weight excluding hydrogens is 226 g/mol. The lowest BCUT2D eigenvalue weighted by Crippen LogP contribution is -2.15. The molecule has 92 valence electrons. The molecule has 0 fully saturated rings. The van der Waals surface area contributed by atoms with Crippen LogP contribution in [0.25, 0.3) is 0 Å². The van der Waals surface area contributed by atoms with E-state index in [1.807, 2.05) is 24.3 Å². The summed E-state index contributed by atoms with van der Waals surface area (Å²) in [7, 11) is 0. The number of rotatable bonds is 3. The molecule has 0 atom stereocenters. The minimum absolute atomic E-state index is 0.240. The van der Waals surface area contributed by atoms with Crippen LogP contribution in [-0.4, -0.2) is 16.1 Å². The van der Waals surface area contributed by atoms with Crippen LogP contribution in [0.5, 0.6) is 0 Å². The van der Waals surface area contributed by atoms with Crippen LogP contribution in [0.15, 0.2) is 42.6 Å². The molecule has 0 aliphatic carbocycles. The Morgan fingerprint density at radius 2 is 1.94 bits per heavy atom. The Balaban J connectivity index is 2.22. The summed E-state index contributed by atoms with van der Waals surface area (Å²) in [6, 6.07) is 11.1. The fraction of sp³-hybridized carbons (Fsp3) is 0.214. The molecule has 1 N–H and O–H groups in total. The highest BCUT2D eigenvalue weighted by Gasteiger charge is 2.11. The monoisotopic (exact) mass is 241 g/mol. The molecule has 1 aromatic carbocycles. The molecule has 0 unspecified atom stereocenters. The third-order valence-electron chi connectivity index (χ3n) is 2.64. The lowest BCUT2D eigenvalue weighted by atomic mass is 10.0. The number of hydrogen-bond donors (Lipinski definition) is 1. The first-order valence-corrected chi connectivity index (χ1v) is 5.86. The lowest BCUT2D eigenvalue weighted by Gasteiger charge is -2.13. The molecule has 0 spiro atoms. The molecule has 4 nitrogen and oxygen atoms in total. The van der Waals surface area contributed by atoms with Crippen LogP contribution in [0.4, 0.5) is 5.69 Å². The van der Waals surface area contributed by atoms with Crippen molar-refractivity contribution >= 4 is 11.6 Å². The van der Waals surface area contributed by atoms with Crippen LogP contribution in [-0.2, 0) is 0 Å². The Morgan fingerprint density at radius 1 is 1.17 bits per heavy atom. The average molecular weight is 241 g/mol. The number of nitrogens with zero attached hydrogens (tertiary/aromatic N) is 2. The fourth-order valence-electron chi connectivity index (χ4n) is 1.72. The van der Waals surface area contributed by atoms with Gasteiger partial charge in [0, 0.05) is 11.9 Å². The minimum atomic E-state index is -0.240. The van der Waals surface area contributed by atoms with E-state index in [2.05, 4.69) is 29.4 Å². The molecule has 1 aromatic heterocycles. The summed E-state index contributed by atoms with van der Waals surface area (Å²) in [4.78, 5) is 12.0. The zero-order chi connectivity index (χ0) is 13.0. The summed E-state index contributed by atoms with van der Waals surface area (Å²) in [5.74, 6) is 0.111. The number of carbonyl (C=O) groups excluding carboxylic acids is 1. The van der Waals surface area contributed by atoms with Crippen molar-refractivity contribution in [2.45, 2.75) is 19.8 Å². The van der Waals surface area contributed by atoms with Gasteiger partial charge in [-0.25, -0.2) is 0 Å². The Labute approximate surface area is 106 Å². The zero-order valence-electron chi connectivity index (χ0n) is 10.4. The Morgan fingerprint density at radius 3 is 2.61 bits per heavy atom. The molecule has 1 amide bonds. The van der Waals surface area contributed by atoms with Crippen LogP contribution in [0.2, 0.25) is 0 Å². The van der Waals surface area contributed by atoms with Gasteiger partial charge >= 0.3 is 0 Å². The number of para-hydroxylation sites is 1. The van der Waals surface area contributed by atoms with Crippen molar-refractivity contribution in [1.82, 2.24) is 10.2 Å². The summed E-state index contributed by atoms with van der Waals surface area (Å²) in [6.07, 6.45) is 1.54. The van der Waals surface area contributed by atoms with Crippen molar-refractivity contribution in [2.24, 2.45) is 0 Å². The van der Waals surface area contributed by atoms with Crippen molar-refractivity contribution in [3.05, 3.63) is 53.9 Å². The third-order valence-corrected chi connectivity index (χ3v) is 2.64. The predicted molar refractivity (Wildman–Crippen MR) is 70.5 cm³/mol. The molecular formula is C14H15N3O. The molecule has 2 rings (SSSR count). The van der Waals surface area contributed by atoms with Crippen molar-refractivity contribution in [3.8, 4) is 0 Å². The van der Waals surface area contributed by atoms with E-state index in [1.165, 1.54) is 0 Å². The van der Waals surface area contributed by atoms with Gasteiger partial charge in [-0.2, -0.15) is 5.10 Å². The molecule has 18 heavy (non-hydrogen) atoms. The highest BCUT2D eigenvalue weighted by molar-refractivity contribution is 6.03. The number of carbonyl (C=O) groups is 1. The molecule has 0 aliphatic rings. The van der Waals surface area contributed by atoms with Gasteiger partial charge in [0.25, 0.3) is 5.91 Å². The summed E-state index contributed by atoms with van der Waals surface area (Å²) < 4.78 is 0. The van der Waals surface area contributed by atoms with E-state index in [0.717, 1.165) is 11.3 Å². The van der Waals surface area contributed by atoms with E-state index in [1.54, 1.807) is 18.3 Å². The van der Waals surface area contributed by atoms with Gasteiger partial charge in [0.1, 0.15) is 0 Å². The van der Waals surface area contributed by atoms with Gasteiger partial charge in [-0.3, -0.25) is 4.79 Å². The smallest absolute Gasteiger partial charge is 0.276 e. The minimum Gasteiger partial charge on any atom is -0.320 e. The van der Waals surface area contributed by atoms with Gasteiger partial charge in [0.15, 0.2) is 5.69 Å². The summed E-state index contributed by atoms with van der Waals surface area (Å²) in [5, 5.41) is 10.3. The fourth-order valence-corrected chi connectivity index (χ4v) is 1.72. The van der Waals surface area contributed by atoms with E-state index >= 15 is 0 Å². The van der Waals surface area contributed by atoms with Gasteiger partial charge in [-0.05, 0) is 29.7 Å². The van der Waals surface area contributed by atoms with Crippen molar-refractivity contribution in [1.29, 1.82) is 0 Å². The number of benzene rings is 1. The van der Waals surface area contributed by atoms with E-state index in [4.69, 9.17) is 0 Å². The largest absolute Gasteiger partial charge is 0.320 e. The number of anilines is 1. The molecule has 0 bridgehead atoms. The first kappa shape index (κ1) is 12.2. The van der Waals surface area contributed by atoms with Crippen molar-refractivity contribution in [2.75, 3.05) is 5.32 Å². The number of amides is 1. The second kappa shape index (κ2) is 5.40. The van der Waals surface area contributed by atoms with Crippen LogP contribution in [0.1, 0.15) is 35.8 Å². The third kappa shape index (κ3) is 2.71. The number of aromatic nitrogens is 2. The van der Waals surface area contributed by atoms with E-state index < -0.39 is 0 Å². The number of nitrogens with one attached hydrogen (secondary N) is 1. The lowest BCUT2D eigenvalue weighted by molar-refractivity contribution is 0.102. The normalized spacial score (nSPS) is 10.4. The maximum Gasteiger partial charge on any atom is 0.276 e. The van der Waals surface area contributed by atoms with E-state index in [9.17, 15) is 4.79 Å². The van der Waals surface area contributed by atoms with Gasteiger partial charge < -0.3 is 5.32 Å². The molecule has 1 heterocycles. The molecule has 0 radical (unpaired) electrons. The van der Waals surface area contributed by atoms with Gasteiger partial charge in [0.05, 0.1) is 0 Å². The molecule has 0 saturated carbocycles. The summed E-state index contributed by atoms with van der Waals surface area (Å²) in [5.41, 5.74) is 2.24. The van der Waals surface area contributed by atoms with E-state index in [0.29, 0.717) is 11.6 Å². The van der Waals surface area contributed by atoms with Gasteiger partial charge in [-0.15, -0.1) is 5.10 Å². The standard InChI is InChI=1S/C14H15N3O/c1-10(2)11-6-3-4-7-12(11)16-14(18)13-8-5-9-15-17-13/h3-10H,1-2H3,(H,16,18). The SMILES string of the molecule is CC(C)c1ccccc1NC(=O)c1cccnn1. The Hall–Kier alpha value is -2.23. The van der Waals surface area contributed by atoms with Crippen molar-refractivity contribution < 1.29 is 4.79 Å². The Kier molecular flexibility index (Phi) is 3.67. The first-order valence-electron chi connectivity index (χ1n) is 5.86. The van der Waals surface area contributed by atoms with Crippen LogP contribution < -0.4 is 5.32 Å².